The Bertz CT molecular complexity index is 359. The molecule has 0 aliphatic carbocycles. The summed E-state index contributed by atoms with van der Waals surface area (Å²) in [5.41, 5.74) is 0. The Kier molecular flexibility index (Phi) is 5.26. The van der Waals surface area contributed by atoms with E-state index in [4.69, 9.17) is 5.11 Å². The van der Waals surface area contributed by atoms with Crippen LogP contribution in [-0.2, 0) is 4.79 Å². The molecule has 2 unspecified atom stereocenters. The summed E-state index contributed by atoms with van der Waals surface area (Å²) in [6.07, 6.45) is 5.39. The molecule has 2 heterocycles. The standard InChI is InChI=1S/C15H26N2O3/c1-12-4-2-7-16(9-6-12)15(20)17-8-3-5-13(11-17)10-14(18)19/h12-13H,2-11H2,1H3,(H,18,19). The Hall–Kier alpha value is -1.26. The fraction of sp³-hybridized carbons (Fsp3) is 0.867. The molecule has 1 N–H and O–H groups in total. The average Bonchev–Trinajstić information content (AvgIpc) is 2.62. The number of hydrogen-bond donors (Lipinski definition) is 1. The van der Waals surface area contributed by atoms with E-state index in [0.717, 1.165) is 45.3 Å². The number of carboxylic acids is 1. The van der Waals surface area contributed by atoms with Crippen LogP contribution in [0.1, 0.15) is 45.4 Å². The molecular weight excluding hydrogens is 256 g/mol. The van der Waals surface area contributed by atoms with Gasteiger partial charge in [-0.15, -0.1) is 0 Å². The smallest absolute Gasteiger partial charge is 0.320 e. The lowest BCUT2D eigenvalue weighted by Crippen LogP contribution is -2.48. The van der Waals surface area contributed by atoms with Crippen LogP contribution in [-0.4, -0.2) is 53.1 Å². The van der Waals surface area contributed by atoms with Gasteiger partial charge in [-0.25, -0.2) is 4.79 Å². The van der Waals surface area contributed by atoms with Crippen molar-refractivity contribution in [3.8, 4) is 0 Å². The van der Waals surface area contributed by atoms with Crippen molar-refractivity contribution in [2.45, 2.75) is 45.4 Å². The maximum absolute atomic E-state index is 12.5. The van der Waals surface area contributed by atoms with Crippen molar-refractivity contribution in [3.05, 3.63) is 0 Å². The molecule has 0 aromatic rings. The lowest BCUT2D eigenvalue weighted by atomic mass is 9.95. The Morgan fingerprint density at radius 2 is 1.75 bits per heavy atom. The fourth-order valence-electron chi connectivity index (χ4n) is 3.31. The molecule has 2 fully saturated rings. The van der Waals surface area contributed by atoms with Crippen LogP contribution < -0.4 is 0 Å². The first-order chi connectivity index (χ1) is 9.56. The van der Waals surface area contributed by atoms with E-state index in [1.165, 1.54) is 6.42 Å². The van der Waals surface area contributed by atoms with Gasteiger partial charge in [-0.05, 0) is 43.9 Å². The van der Waals surface area contributed by atoms with E-state index in [2.05, 4.69) is 6.92 Å². The summed E-state index contributed by atoms with van der Waals surface area (Å²) in [4.78, 5) is 27.2. The summed E-state index contributed by atoms with van der Waals surface area (Å²) in [5.74, 6) is 0.0675. The molecule has 0 aromatic heterocycles. The molecule has 5 heteroatoms. The number of nitrogens with zero attached hydrogens (tertiary/aromatic N) is 2. The zero-order valence-corrected chi connectivity index (χ0v) is 12.4. The van der Waals surface area contributed by atoms with Crippen LogP contribution in [0.3, 0.4) is 0 Å². The predicted octanol–water partition coefficient (Wildman–Crippen LogP) is 2.42. The Morgan fingerprint density at radius 1 is 1.05 bits per heavy atom. The third-order valence-corrected chi connectivity index (χ3v) is 4.54. The van der Waals surface area contributed by atoms with Crippen molar-refractivity contribution in [1.29, 1.82) is 0 Å². The SMILES string of the molecule is CC1CCCN(C(=O)N2CCCC(CC(=O)O)C2)CC1. The molecular formula is C15H26N2O3. The van der Waals surface area contributed by atoms with Crippen LogP contribution in [0, 0.1) is 11.8 Å². The van der Waals surface area contributed by atoms with E-state index in [1.54, 1.807) is 0 Å². The third-order valence-electron chi connectivity index (χ3n) is 4.54. The minimum Gasteiger partial charge on any atom is -0.481 e. The summed E-state index contributed by atoms with van der Waals surface area (Å²) in [6.45, 7) is 5.33. The number of piperidine rings is 1. The molecule has 114 valence electrons. The monoisotopic (exact) mass is 282 g/mol. The van der Waals surface area contributed by atoms with Gasteiger partial charge in [-0.3, -0.25) is 4.79 Å². The molecule has 5 nitrogen and oxygen atoms in total. The maximum Gasteiger partial charge on any atom is 0.320 e. The van der Waals surface area contributed by atoms with Gasteiger partial charge in [0.05, 0.1) is 0 Å². The van der Waals surface area contributed by atoms with E-state index in [1.807, 2.05) is 9.80 Å². The van der Waals surface area contributed by atoms with Gasteiger partial charge in [0.2, 0.25) is 0 Å². The van der Waals surface area contributed by atoms with Crippen LogP contribution in [0.25, 0.3) is 0 Å². The quantitative estimate of drug-likeness (QED) is 0.846. The van der Waals surface area contributed by atoms with E-state index >= 15 is 0 Å². The van der Waals surface area contributed by atoms with Crippen molar-refractivity contribution in [2.24, 2.45) is 11.8 Å². The van der Waals surface area contributed by atoms with Crippen LogP contribution in [0.4, 0.5) is 4.79 Å². The summed E-state index contributed by atoms with van der Waals surface area (Å²) < 4.78 is 0. The molecule has 2 aliphatic heterocycles. The van der Waals surface area contributed by atoms with Gasteiger partial charge < -0.3 is 14.9 Å². The zero-order chi connectivity index (χ0) is 14.5. The predicted molar refractivity (Wildman–Crippen MR) is 76.5 cm³/mol. The van der Waals surface area contributed by atoms with Gasteiger partial charge in [0.25, 0.3) is 0 Å². The average molecular weight is 282 g/mol. The summed E-state index contributed by atoms with van der Waals surface area (Å²) in [7, 11) is 0. The maximum atomic E-state index is 12.5. The van der Waals surface area contributed by atoms with Crippen molar-refractivity contribution in [1.82, 2.24) is 9.80 Å². The number of urea groups is 1. The van der Waals surface area contributed by atoms with Gasteiger partial charge >= 0.3 is 12.0 Å². The molecule has 2 aliphatic rings. The highest BCUT2D eigenvalue weighted by molar-refractivity contribution is 5.75. The molecule has 0 bridgehead atoms. The van der Waals surface area contributed by atoms with E-state index in [-0.39, 0.29) is 18.4 Å². The second-order valence-electron chi connectivity index (χ2n) is 6.36. The van der Waals surface area contributed by atoms with Gasteiger partial charge in [0.1, 0.15) is 0 Å². The molecule has 2 saturated heterocycles. The molecule has 0 aromatic carbocycles. The number of likely N-dealkylation sites (tertiary alicyclic amines) is 2. The van der Waals surface area contributed by atoms with Crippen molar-refractivity contribution in [3.63, 3.8) is 0 Å². The topological polar surface area (TPSA) is 60.9 Å². The zero-order valence-electron chi connectivity index (χ0n) is 12.4. The number of carbonyl (C=O) groups is 2. The van der Waals surface area contributed by atoms with Gasteiger partial charge in [-0.2, -0.15) is 0 Å². The summed E-state index contributed by atoms with van der Waals surface area (Å²) in [6, 6.07) is 0.120. The lowest BCUT2D eigenvalue weighted by Gasteiger charge is -2.35. The molecule has 20 heavy (non-hydrogen) atoms. The van der Waals surface area contributed by atoms with Crippen LogP contribution >= 0.6 is 0 Å². The number of hydrogen-bond acceptors (Lipinski definition) is 2. The van der Waals surface area contributed by atoms with E-state index in [9.17, 15) is 9.59 Å². The molecule has 2 rings (SSSR count). The molecule has 0 saturated carbocycles. The molecule has 2 atom stereocenters. The highest BCUT2D eigenvalue weighted by atomic mass is 16.4. The minimum absolute atomic E-state index is 0.120. The van der Waals surface area contributed by atoms with Gasteiger partial charge in [-0.1, -0.05) is 6.92 Å². The van der Waals surface area contributed by atoms with Crippen LogP contribution in [0.5, 0.6) is 0 Å². The summed E-state index contributed by atoms with van der Waals surface area (Å²) in [5, 5.41) is 8.89. The van der Waals surface area contributed by atoms with Gasteiger partial charge in [0, 0.05) is 32.6 Å². The van der Waals surface area contributed by atoms with Crippen LogP contribution in [0.2, 0.25) is 0 Å². The van der Waals surface area contributed by atoms with Gasteiger partial charge in [0.15, 0.2) is 0 Å². The van der Waals surface area contributed by atoms with Crippen molar-refractivity contribution in [2.75, 3.05) is 26.2 Å². The Balaban J connectivity index is 1.89. The largest absolute Gasteiger partial charge is 0.481 e. The summed E-state index contributed by atoms with van der Waals surface area (Å²) >= 11 is 0. The number of rotatable bonds is 2. The van der Waals surface area contributed by atoms with E-state index in [0.29, 0.717) is 12.5 Å². The second-order valence-corrected chi connectivity index (χ2v) is 6.36. The highest BCUT2D eigenvalue weighted by Gasteiger charge is 2.28. The fourth-order valence-corrected chi connectivity index (χ4v) is 3.31. The minimum atomic E-state index is -0.757. The van der Waals surface area contributed by atoms with Crippen LogP contribution in [0.15, 0.2) is 0 Å². The molecule has 0 radical (unpaired) electrons. The molecule has 2 amide bonds. The third kappa shape index (κ3) is 4.12. The Labute approximate surface area is 120 Å². The number of carbonyl (C=O) groups excluding carboxylic acids is 1. The normalized spacial score (nSPS) is 28.1. The number of aliphatic carboxylic acids is 1. The first kappa shape index (κ1) is 15.1. The number of amides is 2. The van der Waals surface area contributed by atoms with Crippen molar-refractivity contribution < 1.29 is 14.7 Å². The molecule has 0 spiro atoms. The number of carboxylic acid groups (broad SMARTS) is 1. The Morgan fingerprint density at radius 3 is 2.50 bits per heavy atom. The van der Waals surface area contributed by atoms with E-state index < -0.39 is 5.97 Å². The second kappa shape index (κ2) is 6.95. The van der Waals surface area contributed by atoms with Crippen molar-refractivity contribution >= 4 is 12.0 Å². The first-order valence-electron chi connectivity index (χ1n) is 7.82. The highest BCUT2D eigenvalue weighted by Crippen LogP contribution is 2.22. The first-order valence-corrected chi connectivity index (χ1v) is 7.82. The lowest BCUT2D eigenvalue weighted by molar-refractivity contribution is -0.138.